The SMILES string of the molecule is Cc1cc(C(C)(C)C)c(-n2ccnc2-c2[c-]cc(F)cc2F)c(C(C)(C)C)c1.Cn1cnnc1-c1[c-]cccc1.[Ir]. The zero-order chi connectivity index (χ0) is 29.2. The third kappa shape index (κ3) is 7.24. The molecule has 5 rings (SSSR count). The van der Waals surface area contributed by atoms with Gasteiger partial charge in [0.05, 0.1) is 11.6 Å². The Morgan fingerprint density at radius 3 is 2.05 bits per heavy atom. The van der Waals surface area contributed by atoms with Gasteiger partial charge in [0.15, 0.2) is 0 Å². The van der Waals surface area contributed by atoms with Gasteiger partial charge >= 0.3 is 0 Å². The van der Waals surface area contributed by atoms with E-state index in [0.717, 1.165) is 40.3 Å². The van der Waals surface area contributed by atoms with Crippen molar-refractivity contribution in [1.82, 2.24) is 24.3 Å². The molecule has 8 heteroatoms. The minimum Gasteiger partial charge on any atom is -0.357 e. The number of benzene rings is 3. The number of halogens is 2. The minimum absolute atomic E-state index is 0. The average Bonchev–Trinajstić information content (AvgIpc) is 3.52. The summed E-state index contributed by atoms with van der Waals surface area (Å²) in [4.78, 5) is 4.39. The monoisotopic (exact) mass is 732 g/mol. The van der Waals surface area contributed by atoms with Crippen LogP contribution in [0.2, 0.25) is 0 Å². The molecule has 0 saturated carbocycles. The molecule has 0 aliphatic heterocycles. The first-order valence-electron chi connectivity index (χ1n) is 13.1. The van der Waals surface area contributed by atoms with Crippen LogP contribution >= 0.6 is 0 Å². The third-order valence-electron chi connectivity index (χ3n) is 6.49. The first-order valence-corrected chi connectivity index (χ1v) is 13.1. The fraction of sp³-hybridized carbons (Fsp3) is 0.303. The third-order valence-corrected chi connectivity index (χ3v) is 6.49. The molecule has 0 spiro atoms. The fourth-order valence-electron chi connectivity index (χ4n) is 4.53. The minimum atomic E-state index is -0.672. The van der Waals surface area contributed by atoms with E-state index in [1.54, 1.807) is 12.5 Å². The molecule has 1 radical (unpaired) electrons. The van der Waals surface area contributed by atoms with Gasteiger partial charge in [-0.15, -0.1) is 53.1 Å². The van der Waals surface area contributed by atoms with Crippen LogP contribution in [0.5, 0.6) is 0 Å². The summed E-state index contributed by atoms with van der Waals surface area (Å²) in [7, 11) is 1.91. The molecule has 0 saturated heterocycles. The Morgan fingerprint density at radius 1 is 0.878 bits per heavy atom. The topological polar surface area (TPSA) is 48.5 Å². The van der Waals surface area contributed by atoms with Crippen molar-refractivity contribution < 1.29 is 28.9 Å². The maximum atomic E-state index is 14.5. The fourth-order valence-corrected chi connectivity index (χ4v) is 4.53. The van der Waals surface area contributed by atoms with Gasteiger partial charge in [0.1, 0.15) is 6.33 Å². The largest absolute Gasteiger partial charge is 0.357 e. The zero-order valence-corrected chi connectivity index (χ0v) is 27.1. The Kier molecular flexibility index (Phi) is 9.83. The molecule has 217 valence electrons. The van der Waals surface area contributed by atoms with Gasteiger partial charge in [-0.3, -0.25) is 13.8 Å². The van der Waals surface area contributed by atoms with Crippen LogP contribution in [-0.2, 0) is 38.0 Å². The van der Waals surface area contributed by atoms with E-state index in [1.807, 2.05) is 46.6 Å². The zero-order valence-electron chi connectivity index (χ0n) is 24.7. The first kappa shape index (κ1) is 32.0. The van der Waals surface area contributed by atoms with E-state index in [4.69, 9.17) is 0 Å². The second-order valence-electron chi connectivity index (χ2n) is 11.9. The summed E-state index contributed by atoms with van der Waals surface area (Å²) in [6, 6.07) is 19.9. The molecule has 41 heavy (non-hydrogen) atoms. The Bertz CT molecular complexity index is 1570. The molecule has 0 N–H and O–H groups in total. The average molecular weight is 732 g/mol. The summed E-state index contributed by atoms with van der Waals surface area (Å²) in [6.07, 6.45) is 5.15. The smallest absolute Gasteiger partial charge is 0.110 e. The second-order valence-corrected chi connectivity index (χ2v) is 11.9. The van der Waals surface area contributed by atoms with Gasteiger partial charge in [-0.05, 0) is 28.9 Å². The van der Waals surface area contributed by atoms with Gasteiger partial charge in [0.2, 0.25) is 0 Å². The number of hydrogen-bond acceptors (Lipinski definition) is 3. The second kappa shape index (κ2) is 12.6. The summed E-state index contributed by atoms with van der Waals surface area (Å²) < 4.78 is 31.7. The van der Waals surface area contributed by atoms with Crippen LogP contribution in [0, 0.1) is 30.7 Å². The molecular formula is C33H35F2IrN5-2. The molecule has 0 atom stereocenters. The van der Waals surface area contributed by atoms with Crippen LogP contribution in [0.3, 0.4) is 0 Å². The number of nitrogens with zero attached hydrogens (tertiary/aromatic N) is 5. The normalized spacial score (nSPS) is 11.5. The maximum Gasteiger partial charge on any atom is 0.110 e. The van der Waals surface area contributed by atoms with E-state index in [0.29, 0.717) is 5.82 Å². The molecule has 5 aromatic rings. The molecule has 2 aromatic heterocycles. The van der Waals surface area contributed by atoms with E-state index in [9.17, 15) is 8.78 Å². The molecule has 0 fully saturated rings. The Balaban J connectivity index is 0.000000296. The molecule has 0 aliphatic rings. The van der Waals surface area contributed by atoms with Crippen LogP contribution in [0.1, 0.15) is 58.2 Å². The predicted molar refractivity (Wildman–Crippen MR) is 155 cm³/mol. The summed E-state index contributed by atoms with van der Waals surface area (Å²) in [5.74, 6) is -0.0671. The van der Waals surface area contributed by atoms with E-state index in [1.165, 1.54) is 5.56 Å². The number of hydrogen-bond donors (Lipinski definition) is 0. The van der Waals surface area contributed by atoms with Gasteiger partial charge in [0, 0.05) is 56.9 Å². The number of imidazole rings is 1. The molecule has 3 aromatic carbocycles. The molecule has 5 nitrogen and oxygen atoms in total. The van der Waals surface area contributed by atoms with E-state index in [2.05, 4.69) is 87.9 Å². The van der Waals surface area contributed by atoms with Crippen molar-refractivity contribution >= 4 is 0 Å². The van der Waals surface area contributed by atoms with E-state index in [-0.39, 0.29) is 36.5 Å². The van der Waals surface area contributed by atoms with Gasteiger partial charge in [-0.1, -0.05) is 70.9 Å². The molecule has 0 unspecified atom stereocenters. The van der Waals surface area contributed by atoms with Gasteiger partial charge in [-0.25, -0.2) is 0 Å². The van der Waals surface area contributed by atoms with Crippen molar-refractivity contribution in [3.05, 3.63) is 108 Å². The van der Waals surface area contributed by atoms with Gasteiger partial charge < -0.3 is 9.13 Å². The summed E-state index contributed by atoms with van der Waals surface area (Å²) in [5, 5.41) is 7.76. The number of aryl methyl sites for hydroxylation is 2. The Hall–Kier alpha value is -3.48. The summed E-state index contributed by atoms with van der Waals surface area (Å²) in [6.45, 7) is 15.1. The predicted octanol–water partition coefficient (Wildman–Crippen LogP) is 7.80. The molecular weight excluding hydrogens is 697 g/mol. The quantitative estimate of drug-likeness (QED) is 0.178. The molecule has 0 aliphatic carbocycles. The van der Waals surface area contributed by atoms with Crippen LogP contribution in [-0.4, -0.2) is 24.3 Å². The first-order chi connectivity index (χ1) is 18.8. The van der Waals surface area contributed by atoms with Crippen LogP contribution in [0.25, 0.3) is 28.5 Å². The van der Waals surface area contributed by atoms with Crippen molar-refractivity contribution in [2.75, 3.05) is 0 Å². The van der Waals surface area contributed by atoms with E-state index < -0.39 is 11.6 Å². The number of aromatic nitrogens is 5. The van der Waals surface area contributed by atoms with Gasteiger partial charge in [-0.2, -0.15) is 5.10 Å². The standard InChI is InChI=1S/C24H27F2N2.C9H8N3.Ir/c1-15-12-18(23(2,3)4)21(19(13-15)24(5,6)7)28-11-10-27-22(28)17-9-8-16(25)14-20(17)26;1-12-7-10-11-9(12)8-5-3-2-4-6-8;/h8,10-14H,1-7H3;2-5,7H,1H3;/q2*-1;. The van der Waals surface area contributed by atoms with Crippen LogP contribution in [0.15, 0.2) is 67.3 Å². The van der Waals surface area contributed by atoms with Crippen molar-refractivity contribution in [3.8, 4) is 28.5 Å². The summed E-state index contributed by atoms with van der Waals surface area (Å²) in [5.41, 5.74) is 5.35. The van der Waals surface area contributed by atoms with E-state index >= 15 is 0 Å². The van der Waals surface area contributed by atoms with Gasteiger partial charge in [0.25, 0.3) is 0 Å². The van der Waals surface area contributed by atoms with Crippen molar-refractivity contribution in [3.63, 3.8) is 0 Å². The molecule has 0 amide bonds. The van der Waals surface area contributed by atoms with Crippen molar-refractivity contribution in [2.45, 2.75) is 59.3 Å². The summed E-state index contributed by atoms with van der Waals surface area (Å²) >= 11 is 0. The molecule has 0 bridgehead atoms. The van der Waals surface area contributed by atoms with Crippen LogP contribution in [0.4, 0.5) is 8.78 Å². The maximum absolute atomic E-state index is 14.5. The van der Waals surface area contributed by atoms with Crippen molar-refractivity contribution in [2.24, 2.45) is 7.05 Å². The number of rotatable bonds is 3. The van der Waals surface area contributed by atoms with Crippen molar-refractivity contribution in [1.29, 1.82) is 0 Å². The molecule has 2 heterocycles. The van der Waals surface area contributed by atoms with Crippen LogP contribution < -0.4 is 0 Å². The Labute approximate surface area is 255 Å². The Morgan fingerprint density at radius 2 is 1.54 bits per heavy atom.